The van der Waals surface area contributed by atoms with Crippen LogP contribution in [-0.2, 0) is 11.3 Å². The summed E-state index contributed by atoms with van der Waals surface area (Å²) in [6.45, 7) is 7.32. The summed E-state index contributed by atoms with van der Waals surface area (Å²) in [5.41, 5.74) is 1.77. The summed E-state index contributed by atoms with van der Waals surface area (Å²) in [5, 5.41) is 8.87. The Kier molecular flexibility index (Phi) is 5.74. The Labute approximate surface area is 220 Å². The van der Waals surface area contributed by atoms with E-state index in [1.165, 1.54) is 0 Å². The molecule has 1 N–H and O–H groups in total. The highest BCUT2D eigenvalue weighted by atomic mass is 35.5. The van der Waals surface area contributed by atoms with E-state index in [0.29, 0.717) is 36.4 Å². The van der Waals surface area contributed by atoms with E-state index in [2.05, 4.69) is 10.3 Å². The van der Waals surface area contributed by atoms with E-state index in [1.807, 2.05) is 49.7 Å². The van der Waals surface area contributed by atoms with Crippen LogP contribution in [-0.4, -0.2) is 51.6 Å². The lowest BCUT2D eigenvalue weighted by molar-refractivity contribution is 0.0271. The molecule has 196 valence electrons. The molecule has 1 unspecified atom stereocenters. The zero-order valence-electron chi connectivity index (χ0n) is 21.4. The van der Waals surface area contributed by atoms with Crippen molar-refractivity contribution in [2.45, 2.75) is 57.7 Å². The third kappa shape index (κ3) is 4.47. The molecule has 1 aliphatic heterocycles. The summed E-state index contributed by atoms with van der Waals surface area (Å²) in [5.74, 6) is 1.47. The first kappa shape index (κ1) is 24.3. The molecule has 2 saturated carbocycles. The fourth-order valence-electron chi connectivity index (χ4n) is 5.48. The number of rotatable bonds is 6. The maximum Gasteiger partial charge on any atom is 0.410 e. The van der Waals surface area contributed by atoms with Crippen LogP contribution >= 0.6 is 11.6 Å². The molecule has 1 amide bonds. The minimum atomic E-state index is -0.532. The Bertz CT molecular complexity index is 1350. The molecule has 3 atom stereocenters. The number of aromatic nitrogens is 3. The number of fused-ring (bicyclic) bond motifs is 2. The van der Waals surface area contributed by atoms with E-state index >= 15 is 4.39 Å². The van der Waals surface area contributed by atoms with Crippen molar-refractivity contribution in [1.82, 2.24) is 19.7 Å². The Hall–Kier alpha value is -3.07. The molecule has 3 fully saturated rings. The summed E-state index contributed by atoms with van der Waals surface area (Å²) in [6.07, 6.45) is 1.65. The van der Waals surface area contributed by atoms with E-state index < -0.39 is 11.4 Å². The molecule has 0 radical (unpaired) electrons. The molecule has 3 heterocycles. The molecule has 8 nitrogen and oxygen atoms in total. The van der Waals surface area contributed by atoms with Crippen molar-refractivity contribution in [3.05, 3.63) is 46.5 Å². The second kappa shape index (κ2) is 8.75. The van der Waals surface area contributed by atoms with Crippen molar-refractivity contribution in [2.24, 2.45) is 11.8 Å². The molecule has 10 heteroatoms. The normalized spacial score (nSPS) is 22.8. The third-order valence-corrected chi connectivity index (χ3v) is 7.70. The first-order valence-corrected chi connectivity index (χ1v) is 13.1. The minimum Gasteiger partial charge on any atom is -0.497 e. The molecule has 0 spiro atoms. The monoisotopic (exact) mass is 527 g/mol. The SMILES string of the molecule is COc1ccc(CNc2nc(Cl)c(F)c3c2c(C2[C@H]4CN(C(=O)OC(C)(C)C)C[C@@H]24)nn3C2CC2)cc1. The molecule has 2 aromatic heterocycles. The van der Waals surface area contributed by atoms with Crippen LogP contribution in [0.25, 0.3) is 10.9 Å². The van der Waals surface area contributed by atoms with E-state index in [0.717, 1.165) is 29.8 Å². The van der Waals surface area contributed by atoms with Gasteiger partial charge in [0, 0.05) is 25.6 Å². The maximum atomic E-state index is 15.4. The standard InChI is InChI=1S/C27H31ClFN5O3/c1-27(2,3)37-26(35)33-12-17-18(13-33)19(17)22-20-23(34(32-22)15-7-8-15)21(29)24(28)31-25(20)30-11-14-5-9-16(36-4)10-6-14/h5-6,9-10,15,17-19H,7-8,11-13H2,1-4H3,(H,30,31)/t17-,18+,19?. The predicted molar refractivity (Wildman–Crippen MR) is 139 cm³/mol. The number of pyridine rings is 1. The number of halogens is 2. The Balaban J connectivity index is 1.30. The van der Waals surface area contributed by atoms with Crippen LogP contribution in [0.15, 0.2) is 24.3 Å². The zero-order valence-corrected chi connectivity index (χ0v) is 22.2. The van der Waals surface area contributed by atoms with Crippen molar-refractivity contribution >= 4 is 34.4 Å². The number of anilines is 1. The summed E-state index contributed by atoms with van der Waals surface area (Å²) in [7, 11) is 1.63. The van der Waals surface area contributed by atoms with Gasteiger partial charge in [0.2, 0.25) is 0 Å². The van der Waals surface area contributed by atoms with E-state index in [1.54, 1.807) is 12.0 Å². The number of ether oxygens (including phenoxy) is 2. The van der Waals surface area contributed by atoms with Crippen LogP contribution in [0.5, 0.6) is 5.75 Å². The highest BCUT2D eigenvalue weighted by molar-refractivity contribution is 6.30. The van der Waals surface area contributed by atoms with E-state index in [4.69, 9.17) is 26.2 Å². The van der Waals surface area contributed by atoms with Gasteiger partial charge in [-0.15, -0.1) is 0 Å². The number of nitrogens with one attached hydrogen (secondary N) is 1. The number of methoxy groups -OCH3 is 1. The largest absolute Gasteiger partial charge is 0.497 e. The van der Waals surface area contributed by atoms with Crippen LogP contribution < -0.4 is 10.1 Å². The topological polar surface area (TPSA) is 81.5 Å². The van der Waals surface area contributed by atoms with Gasteiger partial charge in [0.25, 0.3) is 0 Å². The number of likely N-dealkylation sites (tertiary alicyclic amines) is 1. The number of piperidine rings is 1. The summed E-state index contributed by atoms with van der Waals surface area (Å²) in [4.78, 5) is 18.8. The van der Waals surface area contributed by atoms with Gasteiger partial charge >= 0.3 is 6.09 Å². The van der Waals surface area contributed by atoms with E-state index in [-0.39, 0.29) is 35.0 Å². The first-order valence-electron chi connectivity index (χ1n) is 12.8. The number of carbonyl (C=O) groups is 1. The molecule has 0 bridgehead atoms. The molecule has 6 rings (SSSR count). The summed E-state index contributed by atoms with van der Waals surface area (Å²) < 4.78 is 28.0. The predicted octanol–water partition coefficient (Wildman–Crippen LogP) is 5.76. The second-order valence-corrected chi connectivity index (χ2v) is 11.6. The molecule has 1 saturated heterocycles. The van der Waals surface area contributed by atoms with Crippen LogP contribution in [0.1, 0.15) is 56.8 Å². The molecule has 37 heavy (non-hydrogen) atoms. The number of amides is 1. The van der Waals surface area contributed by atoms with Crippen molar-refractivity contribution in [3.8, 4) is 5.75 Å². The first-order chi connectivity index (χ1) is 17.6. The molecule has 2 aliphatic carbocycles. The van der Waals surface area contributed by atoms with Crippen LogP contribution in [0.3, 0.4) is 0 Å². The smallest absolute Gasteiger partial charge is 0.410 e. The fourth-order valence-corrected chi connectivity index (χ4v) is 5.65. The highest BCUT2D eigenvalue weighted by Crippen LogP contribution is 2.60. The molecular weight excluding hydrogens is 497 g/mol. The average molecular weight is 528 g/mol. The van der Waals surface area contributed by atoms with Gasteiger partial charge in [-0.3, -0.25) is 4.68 Å². The third-order valence-electron chi connectivity index (χ3n) is 7.45. The number of hydrogen-bond donors (Lipinski definition) is 1. The fraction of sp³-hybridized carbons (Fsp3) is 0.519. The van der Waals surface area contributed by atoms with Gasteiger partial charge < -0.3 is 19.7 Å². The van der Waals surface area contributed by atoms with Gasteiger partial charge in [0.1, 0.15) is 22.7 Å². The lowest BCUT2D eigenvalue weighted by Gasteiger charge is -2.25. The quantitative estimate of drug-likeness (QED) is 0.410. The second-order valence-electron chi connectivity index (χ2n) is 11.3. The van der Waals surface area contributed by atoms with Gasteiger partial charge in [0.05, 0.1) is 24.2 Å². The van der Waals surface area contributed by atoms with Crippen LogP contribution in [0.4, 0.5) is 15.0 Å². The van der Waals surface area contributed by atoms with Gasteiger partial charge in [0.15, 0.2) is 11.0 Å². The van der Waals surface area contributed by atoms with Gasteiger partial charge in [-0.25, -0.2) is 14.2 Å². The Morgan fingerprint density at radius 3 is 2.46 bits per heavy atom. The van der Waals surface area contributed by atoms with Crippen molar-refractivity contribution in [3.63, 3.8) is 0 Å². The minimum absolute atomic E-state index is 0.144. The Morgan fingerprint density at radius 1 is 1.19 bits per heavy atom. The zero-order chi connectivity index (χ0) is 26.1. The molecule has 3 aliphatic rings. The van der Waals surface area contributed by atoms with Crippen molar-refractivity contribution < 1.29 is 18.7 Å². The lowest BCUT2D eigenvalue weighted by Crippen LogP contribution is -2.36. The van der Waals surface area contributed by atoms with E-state index in [9.17, 15) is 4.79 Å². The summed E-state index contributed by atoms with van der Waals surface area (Å²) in [6, 6.07) is 7.92. The number of hydrogen-bond acceptors (Lipinski definition) is 6. The van der Waals surface area contributed by atoms with Gasteiger partial charge in [-0.2, -0.15) is 5.10 Å². The van der Waals surface area contributed by atoms with Crippen LogP contribution in [0.2, 0.25) is 5.15 Å². The van der Waals surface area contributed by atoms with Gasteiger partial charge in [-0.1, -0.05) is 23.7 Å². The summed E-state index contributed by atoms with van der Waals surface area (Å²) >= 11 is 6.28. The number of nitrogens with zero attached hydrogens (tertiary/aromatic N) is 4. The number of benzene rings is 1. The van der Waals surface area contributed by atoms with Crippen molar-refractivity contribution in [2.75, 3.05) is 25.5 Å². The van der Waals surface area contributed by atoms with Crippen LogP contribution in [0, 0.1) is 17.7 Å². The number of carbonyl (C=O) groups excluding carboxylic acids is 1. The molecule has 1 aromatic carbocycles. The van der Waals surface area contributed by atoms with Crippen molar-refractivity contribution in [1.29, 1.82) is 0 Å². The molecule has 3 aromatic rings. The average Bonchev–Trinajstić information content (AvgIpc) is 3.73. The van der Waals surface area contributed by atoms with Gasteiger partial charge in [-0.05, 0) is 63.1 Å². The Morgan fingerprint density at radius 2 is 1.86 bits per heavy atom. The lowest BCUT2D eigenvalue weighted by atomic mass is 10.1. The maximum absolute atomic E-state index is 15.4. The molecular formula is C27H31ClFN5O3. The highest BCUT2D eigenvalue weighted by Gasteiger charge is 2.59.